The molecular weight excluding hydrogens is 729 g/mol. The zero-order chi connectivity index (χ0) is 38.9. The van der Waals surface area contributed by atoms with Crippen LogP contribution in [0.5, 0.6) is 0 Å². The van der Waals surface area contributed by atoms with Crippen LogP contribution in [0.1, 0.15) is 77.1 Å². The van der Waals surface area contributed by atoms with Gasteiger partial charge in [0.05, 0.1) is 48.4 Å². The van der Waals surface area contributed by atoms with Crippen molar-refractivity contribution >= 4 is 31.9 Å². The first-order chi connectivity index (χ1) is 25.5. The molecule has 2 unspecified atom stereocenters. The molecule has 0 spiro atoms. The Balaban J connectivity index is 1.12. The predicted molar refractivity (Wildman–Crippen MR) is 208 cm³/mol. The highest BCUT2D eigenvalue weighted by Gasteiger charge is 2.39. The monoisotopic (exact) mass is 778 g/mol. The van der Waals surface area contributed by atoms with Gasteiger partial charge in [-0.05, 0) is 59.8 Å². The summed E-state index contributed by atoms with van der Waals surface area (Å²) in [6, 6.07) is 14.1. The molecule has 4 aromatic rings. The number of sulfonamides is 2. The van der Waals surface area contributed by atoms with E-state index in [2.05, 4.69) is 29.4 Å². The number of carbonyl (C=O) groups is 2. The van der Waals surface area contributed by atoms with Gasteiger partial charge in [0.1, 0.15) is 23.7 Å². The average molecular weight is 779 g/mol. The zero-order valence-electron chi connectivity index (χ0n) is 31.5. The van der Waals surface area contributed by atoms with Gasteiger partial charge in [-0.1, -0.05) is 76.2 Å². The Kier molecular flexibility index (Phi) is 11.5. The fourth-order valence-electron chi connectivity index (χ4n) is 7.38. The summed E-state index contributed by atoms with van der Waals surface area (Å²) in [6.07, 6.45) is 8.75. The van der Waals surface area contributed by atoms with E-state index in [9.17, 15) is 26.4 Å². The van der Waals surface area contributed by atoms with Crippen LogP contribution in [0.2, 0.25) is 0 Å². The second-order valence-corrected chi connectivity index (χ2v) is 18.7. The van der Waals surface area contributed by atoms with Crippen LogP contribution >= 0.6 is 0 Å². The topological polar surface area (TPSA) is 190 Å². The van der Waals surface area contributed by atoms with Gasteiger partial charge in [-0.15, -0.1) is 0 Å². The number of hydrogen-bond donors (Lipinski definition) is 4. The third kappa shape index (κ3) is 8.94. The minimum absolute atomic E-state index is 0.209. The molecule has 2 aliphatic heterocycles. The van der Waals surface area contributed by atoms with Crippen LogP contribution in [0.4, 0.5) is 0 Å². The van der Waals surface area contributed by atoms with Crippen LogP contribution in [0, 0.1) is 11.8 Å². The molecule has 6 rings (SSSR count). The lowest BCUT2D eigenvalue weighted by molar-refractivity contribution is -0.135. The van der Waals surface area contributed by atoms with Crippen molar-refractivity contribution in [1.82, 2.24) is 39.2 Å². The molecule has 0 bridgehead atoms. The first kappa shape index (κ1) is 39.3. The maximum Gasteiger partial charge on any atom is 0.241 e. The van der Waals surface area contributed by atoms with Crippen LogP contribution in [0.25, 0.3) is 33.6 Å². The summed E-state index contributed by atoms with van der Waals surface area (Å²) in [6.45, 7) is 8.39. The molecule has 2 amide bonds. The van der Waals surface area contributed by atoms with Gasteiger partial charge in [-0.25, -0.2) is 36.2 Å². The van der Waals surface area contributed by atoms with Crippen molar-refractivity contribution in [3.63, 3.8) is 0 Å². The largest absolute Gasteiger partial charge is 0.340 e. The maximum absolute atomic E-state index is 13.5. The molecule has 0 aliphatic carbocycles. The molecular formula is C38H50N8O6S2. The number of H-pyrrole nitrogens is 2. The van der Waals surface area contributed by atoms with E-state index in [0.717, 1.165) is 71.8 Å². The number of benzene rings is 2. The van der Waals surface area contributed by atoms with E-state index in [4.69, 9.17) is 0 Å². The van der Waals surface area contributed by atoms with Crippen molar-refractivity contribution in [3.05, 3.63) is 72.6 Å². The highest BCUT2D eigenvalue weighted by molar-refractivity contribution is 7.89. The highest BCUT2D eigenvalue weighted by atomic mass is 32.2. The number of aromatic nitrogens is 4. The van der Waals surface area contributed by atoms with E-state index >= 15 is 0 Å². The van der Waals surface area contributed by atoms with Crippen LogP contribution in [-0.2, 0) is 29.6 Å². The van der Waals surface area contributed by atoms with Crippen LogP contribution in [0.15, 0.2) is 60.9 Å². The van der Waals surface area contributed by atoms with E-state index < -0.39 is 32.1 Å². The van der Waals surface area contributed by atoms with Gasteiger partial charge in [0.25, 0.3) is 0 Å². The lowest BCUT2D eigenvalue weighted by atomic mass is 10.0. The van der Waals surface area contributed by atoms with E-state index in [1.54, 1.807) is 22.2 Å². The second-order valence-electron chi connectivity index (χ2n) is 15.1. The van der Waals surface area contributed by atoms with Crippen molar-refractivity contribution in [2.75, 3.05) is 25.6 Å². The van der Waals surface area contributed by atoms with Crippen molar-refractivity contribution in [2.24, 2.45) is 11.8 Å². The van der Waals surface area contributed by atoms with Crippen LogP contribution < -0.4 is 9.44 Å². The molecule has 0 radical (unpaired) electrons. The molecule has 14 nitrogen and oxygen atoms in total. The fraction of sp³-hybridized carbons (Fsp3) is 0.474. The van der Waals surface area contributed by atoms with Crippen LogP contribution in [0.3, 0.4) is 0 Å². The van der Waals surface area contributed by atoms with Gasteiger partial charge in [-0.3, -0.25) is 9.59 Å². The summed E-state index contributed by atoms with van der Waals surface area (Å²) in [5.41, 5.74) is 5.60. The van der Waals surface area contributed by atoms with Crippen LogP contribution in [-0.4, -0.2) is 96.1 Å². The molecule has 4 atom stereocenters. The van der Waals surface area contributed by atoms with Crippen molar-refractivity contribution in [1.29, 1.82) is 0 Å². The minimum atomic E-state index is -3.56. The number of hydrogen-bond acceptors (Lipinski definition) is 8. The Morgan fingerprint density at radius 3 is 1.28 bits per heavy atom. The Labute approximate surface area is 317 Å². The molecule has 54 heavy (non-hydrogen) atoms. The second kappa shape index (κ2) is 15.8. The summed E-state index contributed by atoms with van der Waals surface area (Å²) in [4.78, 5) is 46.5. The van der Waals surface area contributed by atoms with Crippen molar-refractivity contribution < 1.29 is 26.4 Å². The van der Waals surface area contributed by atoms with Gasteiger partial charge in [0, 0.05) is 13.1 Å². The summed E-state index contributed by atoms with van der Waals surface area (Å²) in [7, 11) is -7.12. The van der Waals surface area contributed by atoms with Crippen molar-refractivity contribution in [2.45, 2.75) is 77.5 Å². The Bertz CT molecular complexity index is 2020. The zero-order valence-corrected chi connectivity index (χ0v) is 33.2. The number of rotatable bonds is 13. The number of imidazole rings is 2. The highest BCUT2D eigenvalue weighted by Crippen LogP contribution is 2.35. The van der Waals surface area contributed by atoms with E-state index in [0.29, 0.717) is 24.7 Å². The van der Waals surface area contributed by atoms with Gasteiger partial charge in [0.2, 0.25) is 31.9 Å². The SMILES string of the molecule is CC(C)[C@H](NS(C)(=O)=O)C(=O)N1CCCC1c1ncc(-c2ccc(-c3ccc(-c4cnc(C5CCCN5C(=O)[C@@H](NS(C)(=O)=O)C(C)C)[nH]4)cc3)cc2)[nH]1. The van der Waals surface area contributed by atoms with E-state index in [1.165, 1.54) is 0 Å². The summed E-state index contributed by atoms with van der Waals surface area (Å²) in [5.74, 6) is 0.448. The molecule has 2 saturated heterocycles. The molecule has 290 valence electrons. The Morgan fingerprint density at radius 1 is 0.630 bits per heavy atom. The fourth-order valence-corrected chi connectivity index (χ4v) is 9.05. The molecule has 2 aromatic heterocycles. The lowest BCUT2D eigenvalue weighted by Gasteiger charge is -2.29. The van der Waals surface area contributed by atoms with Crippen molar-refractivity contribution in [3.8, 4) is 33.6 Å². The third-order valence-corrected chi connectivity index (χ3v) is 11.5. The minimum Gasteiger partial charge on any atom is -0.340 e. The molecule has 4 N–H and O–H groups in total. The number of likely N-dealkylation sites (tertiary alicyclic amines) is 2. The first-order valence-corrected chi connectivity index (χ1v) is 22.1. The Hall–Kier alpha value is -4.38. The average Bonchev–Trinajstić information content (AvgIpc) is 3.95. The van der Waals surface area contributed by atoms with E-state index in [1.807, 2.05) is 76.2 Å². The number of nitrogens with one attached hydrogen (secondary N) is 4. The molecule has 2 fully saturated rings. The maximum atomic E-state index is 13.5. The summed E-state index contributed by atoms with van der Waals surface area (Å²) < 4.78 is 52.9. The lowest BCUT2D eigenvalue weighted by Crippen LogP contribution is -2.50. The standard InChI is InChI=1S/C38H50N8O6S2/c1-23(2)33(43-53(5,49)50)37(47)45-19-7-9-31(45)35-39-21-29(41-35)27-15-11-25(12-16-27)26-13-17-28(18-14-26)30-22-40-36(42-30)32-10-8-20-46(32)38(48)34(24(3)4)44-54(6,51)52/h11-18,21-24,31-34,43-44H,7-10,19-20H2,1-6H3,(H,39,41)(H,40,42)/t31?,32?,33-,34-/m0/s1. The molecule has 4 heterocycles. The number of aromatic amines is 2. The predicted octanol–water partition coefficient (Wildman–Crippen LogP) is 4.61. The van der Waals surface area contributed by atoms with Gasteiger partial charge in [-0.2, -0.15) is 0 Å². The number of nitrogens with zero attached hydrogens (tertiary/aromatic N) is 4. The quantitative estimate of drug-likeness (QED) is 0.151. The summed E-state index contributed by atoms with van der Waals surface area (Å²) >= 11 is 0. The molecule has 16 heteroatoms. The first-order valence-electron chi connectivity index (χ1n) is 18.4. The third-order valence-electron chi connectivity index (χ3n) is 10.2. The van der Waals surface area contributed by atoms with Gasteiger partial charge >= 0.3 is 0 Å². The van der Waals surface area contributed by atoms with E-state index in [-0.39, 0.29) is 35.7 Å². The number of carbonyl (C=O) groups excluding carboxylic acids is 2. The summed E-state index contributed by atoms with van der Waals surface area (Å²) in [5, 5.41) is 0. The normalized spacial score (nSPS) is 19.2. The molecule has 0 saturated carbocycles. The smallest absolute Gasteiger partial charge is 0.241 e. The number of amides is 2. The molecule has 2 aromatic carbocycles. The van der Waals surface area contributed by atoms with Gasteiger partial charge < -0.3 is 19.8 Å². The van der Waals surface area contributed by atoms with Gasteiger partial charge in [0.15, 0.2) is 0 Å². The molecule has 2 aliphatic rings. The Morgan fingerprint density at radius 2 is 0.963 bits per heavy atom.